The van der Waals surface area contributed by atoms with Gasteiger partial charge in [0.05, 0.1) is 19.5 Å². The molecule has 27 heavy (non-hydrogen) atoms. The monoisotopic (exact) mass is 390 g/mol. The summed E-state index contributed by atoms with van der Waals surface area (Å²) >= 11 is 5.95. The lowest BCUT2D eigenvalue weighted by molar-refractivity contribution is -0.138. The summed E-state index contributed by atoms with van der Waals surface area (Å²) in [7, 11) is 0. The normalized spacial score (nSPS) is 12.1. The Bertz CT molecular complexity index is 1000. The van der Waals surface area contributed by atoms with Crippen LogP contribution in [0.2, 0.25) is 5.28 Å². The number of carbonyl (C=O) groups excluding carboxylic acids is 1. The van der Waals surface area contributed by atoms with Crippen molar-refractivity contribution in [2.45, 2.75) is 12.6 Å². The molecule has 0 spiro atoms. The van der Waals surface area contributed by atoms with E-state index in [1.807, 2.05) is 0 Å². The summed E-state index contributed by atoms with van der Waals surface area (Å²) in [6.45, 7) is -0.254. The van der Waals surface area contributed by atoms with Crippen molar-refractivity contribution in [3.05, 3.63) is 47.0 Å². The average molecular weight is 391 g/mol. The molecule has 1 aromatic carbocycles. The second-order valence-corrected chi connectivity index (χ2v) is 6.00. The molecule has 0 aliphatic heterocycles. The standard InChI is InChI=1S/C16H15ClN6O4/c17-16-21-13(20-10(6-24)15(26)27)11-14(22-16)23(7-19-11)5-8-1-3-9(4-2-8)12(18)25/h1-4,7,10,24H,5-6H2,(H2,18,25)(H,26,27)(H,20,21,22)/t10-/m0/s1. The quantitative estimate of drug-likeness (QED) is 0.424. The molecule has 0 unspecified atom stereocenters. The Hall–Kier alpha value is -3.24. The molecular weight excluding hydrogens is 376 g/mol. The molecule has 0 radical (unpaired) electrons. The Morgan fingerprint density at radius 1 is 1.26 bits per heavy atom. The zero-order valence-electron chi connectivity index (χ0n) is 13.8. The van der Waals surface area contributed by atoms with Gasteiger partial charge in [0.1, 0.15) is 6.04 Å². The lowest BCUT2D eigenvalue weighted by Crippen LogP contribution is -2.33. The van der Waals surface area contributed by atoms with Crippen LogP contribution in [0.25, 0.3) is 11.2 Å². The maximum atomic E-state index is 11.1. The molecule has 0 bridgehead atoms. The van der Waals surface area contributed by atoms with Crippen LogP contribution in [0.3, 0.4) is 0 Å². The molecule has 2 aromatic heterocycles. The summed E-state index contributed by atoms with van der Waals surface area (Å²) in [5.74, 6) is -1.65. The number of carbonyl (C=O) groups is 2. The third-order valence-electron chi connectivity index (χ3n) is 3.82. The van der Waals surface area contributed by atoms with E-state index >= 15 is 0 Å². The Kier molecular flexibility index (Phi) is 5.19. The van der Waals surface area contributed by atoms with Crippen molar-refractivity contribution in [1.29, 1.82) is 0 Å². The largest absolute Gasteiger partial charge is 0.480 e. The predicted octanol–water partition coefficient (Wildman–Crippen LogP) is 0.484. The van der Waals surface area contributed by atoms with Gasteiger partial charge in [0.25, 0.3) is 0 Å². The third-order valence-corrected chi connectivity index (χ3v) is 3.99. The number of benzene rings is 1. The first kappa shape index (κ1) is 18.5. The van der Waals surface area contributed by atoms with Gasteiger partial charge in [-0.25, -0.2) is 9.78 Å². The first-order chi connectivity index (χ1) is 12.9. The van der Waals surface area contributed by atoms with E-state index in [0.717, 1.165) is 5.56 Å². The molecule has 0 aliphatic rings. The van der Waals surface area contributed by atoms with Gasteiger partial charge in [-0.1, -0.05) is 12.1 Å². The van der Waals surface area contributed by atoms with E-state index in [0.29, 0.717) is 23.3 Å². The zero-order valence-corrected chi connectivity index (χ0v) is 14.6. The van der Waals surface area contributed by atoms with Crippen LogP contribution in [-0.4, -0.2) is 54.3 Å². The number of primary amides is 1. The Labute approximate surface area is 157 Å². The predicted molar refractivity (Wildman–Crippen MR) is 96.5 cm³/mol. The van der Waals surface area contributed by atoms with E-state index in [9.17, 15) is 14.7 Å². The minimum atomic E-state index is -1.26. The second kappa shape index (κ2) is 7.56. The number of nitrogens with two attached hydrogens (primary N) is 1. The fraction of sp³-hybridized carbons (Fsp3) is 0.188. The highest BCUT2D eigenvalue weighted by atomic mass is 35.5. The minimum absolute atomic E-state index is 0.0992. The van der Waals surface area contributed by atoms with Gasteiger partial charge in [0.2, 0.25) is 11.2 Å². The summed E-state index contributed by atoms with van der Waals surface area (Å²) in [6.07, 6.45) is 1.51. The van der Waals surface area contributed by atoms with Gasteiger partial charge in [-0.05, 0) is 29.3 Å². The lowest BCUT2D eigenvalue weighted by atomic mass is 10.1. The van der Waals surface area contributed by atoms with Crippen LogP contribution in [0.1, 0.15) is 15.9 Å². The van der Waals surface area contributed by atoms with Crippen molar-refractivity contribution in [2.75, 3.05) is 11.9 Å². The van der Waals surface area contributed by atoms with Crippen LogP contribution in [0.15, 0.2) is 30.6 Å². The summed E-state index contributed by atoms with van der Waals surface area (Å²) in [5.41, 5.74) is 7.19. The number of anilines is 1. The topological polar surface area (TPSA) is 156 Å². The number of aliphatic carboxylic acids is 1. The van der Waals surface area contributed by atoms with Gasteiger partial charge in [-0.15, -0.1) is 0 Å². The minimum Gasteiger partial charge on any atom is -0.480 e. The molecule has 1 atom stereocenters. The summed E-state index contributed by atoms with van der Waals surface area (Å²) in [5, 5.41) is 20.8. The first-order valence-electron chi connectivity index (χ1n) is 7.76. The van der Waals surface area contributed by atoms with Gasteiger partial charge in [0, 0.05) is 5.56 Å². The van der Waals surface area contributed by atoms with Gasteiger partial charge in [-0.2, -0.15) is 9.97 Å². The van der Waals surface area contributed by atoms with Gasteiger partial charge >= 0.3 is 5.97 Å². The van der Waals surface area contributed by atoms with Crippen LogP contribution in [0, 0.1) is 0 Å². The molecule has 3 rings (SSSR count). The van der Waals surface area contributed by atoms with E-state index < -0.39 is 24.5 Å². The molecule has 11 heteroatoms. The highest BCUT2D eigenvalue weighted by molar-refractivity contribution is 6.28. The number of aromatic nitrogens is 4. The first-order valence-corrected chi connectivity index (χ1v) is 8.14. The molecule has 140 valence electrons. The average Bonchev–Trinajstić information content (AvgIpc) is 3.02. The number of aliphatic hydroxyl groups excluding tert-OH is 1. The van der Waals surface area contributed by atoms with E-state index in [4.69, 9.17) is 22.4 Å². The van der Waals surface area contributed by atoms with Crippen LogP contribution < -0.4 is 11.1 Å². The third kappa shape index (κ3) is 3.96. The number of imidazole rings is 1. The van der Waals surface area contributed by atoms with Crippen LogP contribution >= 0.6 is 11.6 Å². The van der Waals surface area contributed by atoms with Crippen LogP contribution in [-0.2, 0) is 11.3 Å². The highest BCUT2D eigenvalue weighted by Gasteiger charge is 2.20. The molecule has 5 N–H and O–H groups in total. The Morgan fingerprint density at radius 2 is 1.96 bits per heavy atom. The van der Waals surface area contributed by atoms with Crippen LogP contribution in [0.5, 0.6) is 0 Å². The number of halogens is 1. The van der Waals surface area contributed by atoms with Crippen molar-refractivity contribution in [2.24, 2.45) is 5.73 Å². The molecule has 1 amide bonds. The maximum absolute atomic E-state index is 11.1. The molecule has 0 saturated carbocycles. The number of amides is 1. The number of hydrogen-bond donors (Lipinski definition) is 4. The number of aliphatic hydroxyl groups is 1. The maximum Gasteiger partial charge on any atom is 0.328 e. The van der Waals surface area contributed by atoms with Gasteiger partial charge in [-0.3, -0.25) is 4.79 Å². The highest BCUT2D eigenvalue weighted by Crippen LogP contribution is 2.22. The number of fused-ring (bicyclic) bond motifs is 1. The zero-order chi connectivity index (χ0) is 19.6. The van der Waals surface area contributed by atoms with Crippen LogP contribution in [0.4, 0.5) is 5.82 Å². The molecule has 10 nitrogen and oxygen atoms in total. The fourth-order valence-electron chi connectivity index (χ4n) is 2.46. The smallest absolute Gasteiger partial charge is 0.328 e. The number of rotatable bonds is 7. The second-order valence-electron chi connectivity index (χ2n) is 5.66. The fourth-order valence-corrected chi connectivity index (χ4v) is 2.62. The molecule has 0 aliphatic carbocycles. The van der Waals surface area contributed by atoms with Gasteiger partial charge in [0.15, 0.2) is 17.0 Å². The van der Waals surface area contributed by atoms with Crippen molar-refractivity contribution in [1.82, 2.24) is 19.5 Å². The van der Waals surface area contributed by atoms with E-state index in [-0.39, 0.29) is 11.1 Å². The SMILES string of the molecule is NC(=O)c1ccc(Cn2cnc3c(N[C@@H](CO)C(=O)O)nc(Cl)nc32)cc1. The number of nitrogens with one attached hydrogen (secondary N) is 1. The van der Waals surface area contributed by atoms with Crippen molar-refractivity contribution < 1.29 is 19.8 Å². The molecule has 0 saturated heterocycles. The van der Waals surface area contributed by atoms with Crippen molar-refractivity contribution in [3.63, 3.8) is 0 Å². The Balaban J connectivity index is 1.94. The molecular formula is C16H15ClN6O4. The molecule has 3 aromatic rings. The summed E-state index contributed by atoms with van der Waals surface area (Å²) < 4.78 is 1.70. The van der Waals surface area contributed by atoms with E-state index in [1.54, 1.807) is 28.8 Å². The van der Waals surface area contributed by atoms with Crippen molar-refractivity contribution >= 4 is 40.5 Å². The summed E-state index contributed by atoms with van der Waals surface area (Å²) in [6, 6.07) is 5.47. The number of carboxylic acids is 1. The van der Waals surface area contributed by atoms with Crippen molar-refractivity contribution in [3.8, 4) is 0 Å². The van der Waals surface area contributed by atoms with Gasteiger partial charge < -0.3 is 25.8 Å². The molecule has 2 heterocycles. The Morgan fingerprint density at radius 3 is 2.56 bits per heavy atom. The number of nitrogens with zero attached hydrogens (tertiary/aromatic N) is 4. The molecule has 0 fully saturated rings. The summed E-state index contributed by atoms with van der Waals surface area (Å²) in [4.78, 5) is 34.6. The van der Waals surface area contributed by atoms with E-state index in [2.05, 4.69) is 20.3 Å². The number of carboxylic acid groups (broad SMARTS) is 1. The number of hydrogen-bond acceptors (Lipinski definition) is 7. The lowest BCUT2D eigenvalue weighted by Gasteiger charge is -2.12. The van der Waals surface area contributed by atoms with E-state index in [1.165, 1.54) is 6.33 Å².